The van der Waals surface area contributed by atoms with Crippen LogP contribution in [0.15, 0.2) is 54.6 Å². The molecule has 0 saturated carbocycles. The molecule has 1 amide bonds. The number of carbonyl (C=O) groups is 1. The van der Waals surface area contributed by atoms with Crippen molar-refractivity contribution in [2.24, 2.45) is 0 Å². The van der Waals surface area contributed by atoms with Crippen molar-refractivity contribution in [3.63, 3.8) is 0 Å². The minimum Gasteiger partial charge on any atom is -0.368 e. The van der Waals surface area contributed by atoms with Gasteiger partial charge in [0.1, 0.15) is 6.10 Å². The Kier molecular flexibility index (Phi) is 6.40. The van der Waals surface area contributed by atoms with Crippen LogP contribution >= 0.6 is 0 Å². The van der Waals surface area contributed by atoms with Crippen molar-refractivity contribution in [1.29, 1.82) is 0 Å². The van der Waals surface area contributed by atoms with E-state index in [1.54, 1.807) is 0 Å². The number of amides is 1. The van der Waals surface area contributed by atoms with Crippen molar-refractivity contribution >= 4 is 5.91 Å². The molecule has 0 spiro atoms. The normalized spacial score (nSPS) is 21.4. The summed E-state index contributed by atoms with van der Waals surface area (Å²) in [6.45, 7) is 3.74. The number of carbonyl (C=O) groups excluding carboxylic acids is 1. The van der Waals surface area contributed by atoms with Gasteiger partial charge in [0.05, 0.1) is 0 Å². The molecule has 0 aliphatic carbocycles. The number of benzene rings is 2. The van der Waals surface area contributed by atoms with Gasteiger partial charge in [-0.3, -0.25) is 9.69 Å². The van der Waals surface area contributed by atoms with Crippen molar-refractivity contribution in [1.82, 2.24) is 10.2 Å². The minimum atomic E-state index is -0.227. The van der Waals surface area contributed by atoms with Crippen LogP contribution in [-0.4, -0.2) is 42.6 Å². The van der Waals surface area contributed by atoms with E-state index in [1.807, 2.05) is 6.07 Å². The third-order valence-electron chi connectivity index (χ3n) is 5.87. The van der Waals surface area contributed by atoms with Gasteiger partial charge >= 0.3 is 0 Å². The van der Waals surface area contributed by atoms with Crippen LogP contribution in [0.3, 0.4) is 0 Å². The zero-order chi connectivity index (χ0) is 19.2. The molecule has 2 aliphatic rings. The Morgan fingerprint density at radius 2 is 1.64 bits per heavy atom. The van der Waals surface area contributed by atoms with Gasteiger partial charge in [-0.05, 0) is 48.8 Å². The van der Waals surface area contributed by atoms with Gasteiger partial charge in [-0.1, -0.05) is 54.6 Å². The third kappa shape index (κ3) is 5.00. The molecule has 148 valence electrons. The Balaban J connectivity index is 1.23. The van der Waals surface area contributed by atoms with Gasteiger partial charge in [-0.25, -0.2) is 0 Å². The third-order valence-corrected chi connectivity index (χ3v) is 5.87. The Bertz CT molecular complexity index is 746. The molecule has 4 nitrogen and oxygen atoms in total. The van der Waals surface area contributed by atoms with E-state index in [9.17, 15) is 4.79 Å². The monoisotopic (exact) mass is 378 g/mol. The lowest BCUT2D eigenvalue weighted by atomic mass is 10.0. The fourth-order valence-electron chi connectivity index (χ4n) is 4.17. The van der Waals surface area contributed by atoms with Gasteiger partial charge in [-0.15, -0.1) is 0 Å². The first kappa shape index (κ1) is 19.2. The van der Waals surface area contributed by atoms with E-state index in [1.165, 1.54) is 16.7 Å². The highest BCUT2D eigenvalue weighted by Gasteiger charge is 2.26. The highest BCUT2D eigenvalue weighted by atomic mass is 16.5. The second-order valence-electron chi connectivity index (χ2n) is 7.98. The number of ether oxygens (including phenoxy) is 1. The molecule has 4 heteroatoms. The molecule has 1 N–H and O–H groups in total. The lowest BCUT2D eigenvalue weighted by molar-refractivity contribution is -0.136. The molecule has 28 heavy (non-hydrogen) atoms. The molecular formula is C24H30N2O2. The Hall–Kier alpha value is -2.17. The maximum Gasteiger partial charge on any atom is 0.249 e. The summed E-state index contributed by atoms with van der Waals surface area (Å²) in [7, 11) is 0. The van der Waals surface area contributed by atoms with E-state index in [0.717, 1.165) is 58.3 Å². The summed E-state index contributed by atoms with van der Waals surface area (Å²) < 4.78 is 5.60. The molecule has 1 atom stereocenters. The highest BCUT2D eigenvalue weighted by molar-refractivity contribution is 5.81. The van der Waals surface area contributed by atoms with Crippen LogP contribution in [0.4, 0.5) is 0 Å². The lowest BCUT2D eigenvalue weighted by Crippen LogP contribution is -2.48. The molecule has 0 radical (unpaired) electrons. The summed E-state index contributed by atoms with van der Waals surface area (Å²) in [6.07, 6.45) is 4.84. The minimum absolute atomic E-state index is 0.0923. The molecule has 2 fully saturated rings. The van der Waals surface area contributed by atoms with Gasteiger partial charge in [0.15, 0.2) is 0 Å². The standard InChI is InChI=1S/C24H30N2O2/c27-24(23-8-4-5-17-28-23)25-22-13-15-26(16-14-22)18-19-9-11-21(12-10-19)20-6-2-1-3-7-20/h1-3,6-7,9-12,22-23H,4-5,8,13-18H2,(H,25,27). The van der Waals surface area contributed by atoms with E-state index in [4.69, 9.17) is 4.74 Å². The smallest absolute Gasteiger partial charge is 0.249 e. The van der Waals surface area contributed by atoms with Crippen LogP contribution in [-0.2, 0) is 16.1 Å². The average Bonchev–Trinajstić information content (AvgIpc) is 2.77. The molecule has 2 aromatic carbocycles. The van der Waals surface area contributed by atoms with Gasteiger partial charge in [0.2, 0.25) is 5.91 Å². The topological polar surface area (TPSA) is 41.6 Å². The van der Waals surface area contributed by atoms with E-state index in [0.29, 0.717) is 0 Å². The molecule has 1 unspecified atom stereocenters. The summed E-state index contributed by atoms with van der Waals surface area (Å²) in [5, 5.41) is 3.21. The second kappa shape index (κ2) is 9.35. The van der Waals surface area contributed by atoms with Crippen LogP contribution in [0.2, 0.25) is 0 Å². The predicted octanol–water partition coefficient (Wildman–Crippen LogP) is 4.00. The number of nitrogens with one attached hydrogen (secondary N) is 1. The van der Waals surface area contributed by atoms with Crippen molar-refractivity contribution in [3.8, 4) is 11.1 Å². The van der Waals surface area contributed by atoms with Crippen LogP contribution < -0.4 is 5.32 Å². The number of likely N-dealkylation sites (tertiary alicyclic amines) is 1. The van der Waals surface area contributed by atoms with Gasteiger partial charge < -0.3 is 10.1 Å². The van der Waals surface area contributed by atoms with E-state index >= 15 is 0 Å². The number of piperidine rings is 1. The zero-order valence-corrected chi connectivity index (χ0v) is 16.5. The van der Waals surface area contributed by atoms with Gasteiger partial charge in [0, 0.05) is 32.3 Å². The summed E-state index contributed by atoms with van der Waals surface area (Å²) >= 11 is 0. The van der Waals surface area contributed by atoms with Crippen molar-refractivity contribution in [3.05, 3.63) is 60.2 Å². The number of hydrogen-bond acceptors (Lipinski definition) is 3. The van der Waals surface area contributed by atoms with Gasteiger partial charge in [0.25, 0.3) is 0 Å². The van der Waals surface area contributed by atoms with Crippen LogP contribution in [0, 0.1) is 0 Å². The fourth-order valence-corrected chi connectivity index (χ4v) is 4.17. The predicted molar refractivity (Wildman–Crippen MR) is 112 cm³/mol. The first-order valence-electron chi connectivity index (χ1n) is 10.6. The number of hydrogen-bond donors (Lipinski definition) is 1. The van der Waals surface area contributed by atoms with Crippen molar-refractivity contribution < 1.29 is 9.53 Å². The summed E-state index contributed by atoms with van der Waals surface area (Å²) in [5.41, 5.74) is 3.86. The largest absolute Gasteiger partial charge is 0.368 e. The molecule has 0 aromatic heterocycles. The van der Waals surface area contributed by atoms with Crippen LogP contribution in [0.1, 0.15) is 37.7 Å². The quantitative estimate of drug-likeness (QED) is 0.855. The maximum absolute atomic E-state index is 12.3. The first-order valence-corrected chi connectivity index (χ1v) is 10.6. The summed E-state index contributed by atoms with van der Waals surface area (Å²) in [5.74, 6) is 0.0923. The lowest BCUT2D eigenvalue weighted by Gasteiger charge is -2.33. The first-order chi connectivity index (χ1) is 13.8. The summed E-state index contributed by atoms with van der Waals surface area (Å²) in [6, 6.07) is 19.7. The Morgan fingerprint density at radius 1 is 0.929 bits per heavy atom. The molecular weight excluding hydrogens is 348 g/mol. The van der Waals surface area contributed by atoms with Gasteiger partial charge in [-0.2, -0.15) is 0 Å². The fraction of sp³-hybridized carbons (Fsp3) is 0.458. The number of nitrogens with zero attached hydrogens (tertiary/aromatic N) is 1. The highest BCUT2D eigenvalue weighted by Crippen LogP contribution is 2.21. The molecule has 0 bridgehead atoms. The SMILES string of the molecule is O=C(NC1CCN(Cc2ccc(-c3ccccc3)cc2)CC1)C1CCCCO1. The summed E-state index contributed by atoms with van der Waals surface area (Å²) in [4.78, 5) is 14.8. The molecule has 4 rings (SSSR count). The van der Waals surface area contributed by atoms with Crippen molar-refractivity contribution in [2.75, 3.05) is 19.7 Å². The molecule has 2 aromatic rings. The van der Waals surface area contributed by atoms with E-state index < -0.39 is 0 Å². The van der Waals surface area contributed by atoms with Crippen LogP contribution in [0.5, 0.6) is 0 Å². The average molecular weight is 379 g/mol. The molecule has 2 heterocycles. The van der Waals surface area contributed by atoms with E-state index in [-0.39, 0.29) is 18.1 Å². The number of rotatable bonds is 5. The zero-order valence-electron chi connectivity index (χ0n) is 16.5. The van der Waals surface area contributed by atoms with Crippen molar-refractivity contribution in [2.45, 2.75) is 50.8 Å². The Morgan fingerprint density at radius 3 is 2.32 bits per heavy atom. The molecule has 2 saturated heterocycles. The Labute approximate surface area is 167 Å². The molecule has 2 aliphatic heterocycles. The maximum atomic E-state index is 12.3. The van der Waals surface area contributed by atoms with Crippen LogP contribution in [0.25, 0.3) is 11.1 Å². The second-order valence-corrected chi connectivity index (χ2v) is 7.98. The van der Waals surface area contributed by atoms with E-state index in [2.05, 4.69) is 58.7 Å².